The van der Waals surface area contributed by atoms with Crippen LogP contribution in [0, 0.1) is 0 Å². The molecule has 0 aliphatic rings. The first kappa shape index (κ1) is 10.5. The summed E-state index contributed by atoms with van der Waals surface area (Å²) in [4.78, 5) is -0.280. The van der Waals surface area contributed by atoms with Gasteiger partial charge in [0.1, 0.15) is 6.17 Å². The van der Waals surface area contributed by atoms with Gasteiger partial charge in [0.05, 0.1) is 13.3 Å². The molecule has 1 N–H and O–H groups in total. The molecule has 0 saturated carbocycles. The van der Waals surface area contributed by atoms with E-state index in [1.807, 2.05) is 0 Å². The lowest BCUT2D eigenvalue weighted by Crippen LogP contribution is -2.29. The van der Waals surface area contributed by atoms with Crippen molar-refractivity contribution in [1.29, 1.82) is 0 Å². The lowest BCUT2D eigenvalue weighted by Gasteiger charge is -2.17. The molecular formula is C5H9B2BrFO. The number of alkyl halides is 2. The van der Waals surface area contributed by atoms with E-state index in [0.29, 0.717) is 6.32 Å². The molecule has 0 heterocycles. The highest BCUT2D eigenvalue weighted by Gasteiger charge is 2.20. The van der Waals surface area contributed by atoms with Crippen LogP contribution in [0.4, 0.5) is 4.39 Å². The minimum Gasteiger partial charge on any atom is -0.389 e. The highest BCUT2D eigenvalue weighted by atomic mass is 79.9. The maximum absolute atomic E-state index is 12.3. The van der Waals surface area contributed by atoms with E-state index in [9.17, 15) is 4.39 Å². The average molecular weight is 206 g/mol. The zero-order valence-electron chi connectivity index (χ0n) is 5.80. The summed E-state index contributed by atoms with van der Waals surface area (Å²) in [5, 5.41) is 9.03. The van der Waals surface area contributed by atoms with Crippen molar-refractivity contribution in [2.45, 2.75) is 30.3 Å². The summed E-state index contributed by atoms with van der Waals surface area (Å²) in [6, 6.07) is 0. The molecule has 0 bridgehead atoms. The molecular weight excluding hydrogens is 197 g/mol. The summed E-state index contributed by atoms with van der Waals surface area (Å²) in [5.74, 6) is 0. The SMILES string of the molecule is [B][B]CC(Br)C(O)C(C)F. The topological polar surface area (TPSA) is 20.2 Å². The van der Waals surface area contributed by atoms with Gasteiger partial charge in [-0.2, -0.15) is 0 Å². The molecule has 0 amide bonds. The van der Waals surface area contributed by atoms with Crippen molar-refractivity contribution in [2.75, 3.05) is 0 Å². The van der Waals surface area contributed by atoms with E-state index in [2.05, 4.69) is 15.9 Å². The molecule has 5 heteroatoms. The highest BCUT2D eigenvalue weighted by Crippen LogP contribution is 2.14. The van der Waals surface area contributed by atoms with Crippen LogP contribution in [0.5, 0.6) is 0 Å². The number of hydrogen-bond donors (Lipinski definition) is 1. The Morgan fingerprint density at radius 3 is 2.60 bits per heavy atom. The van der Waals surface area contributed by atoms with Gasteiger partial charge in [-0.05, 0) is 6.92 Å². The molecule has 0 saturated heterocycles. The van der Waals surface area contributed by atoms with Crippen molar-refractivity contribution in [3.63, 3.8) is 0 Å². The van der Waals surface area contributed by atoms with Crippen LogP contribution >= 0.6 is 15.9 Å². The Balaban J connectivity index is 3.58. The third kappa shape index (κ3) is 3.62. The van der Waals surface area contributed by atoms with E-state index >= 15 is 0 Å². The quantitative estimate of drug-likeness (QED) is 0.529. The molecule has 0 spiro atoms. The standard InChI is InChI=1S/C5H9B2BrFO/c1-3(9)5(10)4(8)2-7-6/h3-5,10H,2H2,1H3. The van der Waals surface area contributed by atoms with Gasteiger partial charge in [-0.15, -0.1) is 0 Å². The molecule has 0 fully saturated rings. The monoisotopic (exact) mass is 205 g/mol. The van der Waals surface area contributed by atoms with Crippen LogP contribution in [0.25, 0.3) is 0 Å². The molecule has 3 atom stereocenters. The third-order valence-electron chi connectivity index (χ3n) is 1.20. The predicted molar refractivity (Wildman–Crippen MR) is 45.6 cm³/mol. The molecule has 10 heavy (non-hydrogen) atoms. The van der Waals surface area contributed by atoms with Crippen LogP contribution in [0.3, 0.4) is 0 Å². The fraction of sp³-hybridized carbons (Fsp3) is 1.00. The second-order valence-electron chi connectivity index (χ2n) is 2.16. The maximum atomic E-state index is 12.3. The summed E-state index contributed by atoms with van der Waals surface area (Å²) < 4.78 is 12.3. The van der Waals surface area contributed by atoms with Gasteiger partial charge >= 0.3 is 0 Å². The van der Waals surface area contributed by atoms with E-state index in [4.69, 9.17) is 12.8 Å². The summed E-state index contributed by atoms with van der Waals surface area (Å²) in [7, 11) is 6.47. The van der Waals surface area contributed by atoms with Crippen molar-refractivity contribution < 1.29 is 9.50 Å². The van der Waals surface area contributed by atoms with Crippen molar-refractivity contribution >= 4 is 30.8 Å². The second kappa shape index (κ2) is 5.19. The normalized spacial score (nSPS) is 19.6. The van der Waals surface area contributed by atoms with E-state index in [1.54, 1.807) is 0 Å². The van der Waals surface area contributed by atoms with E-state index in [0.717, 1.165) is 0 Å². The van der Waals surface area contributed by atoms with Gasteiger partial charge < -0.3 is 5.11 Å². The second-order valence-corrected chi connectivity index (χ2v) is 3.33. The Morgan fingerprint density at radius 2 is 2.30 bits per heavy atom. The zero-order chi connectivity index (χ0) is 8.15. The van der Waals surface area contributed by atoms with Crippen LogP contribution in [0.1, 0.15) is 6.92 Å². The summed E-state index contributed by atoms with van der Waals surface area (Å²) in [5.41, 5.74) is 0. The van der Waals surface area contributed by atoms with E-state index in [1.165, 1.54) is 14.1 Å². The smallest absolute Gasteiger partial charge is 0.124 e. The Labute approximate surface area is 71.1 Å². The van der Waals surface area contributed by atoms with Crippen molar-refractivity contribution in [1.82, 2.24) is 0 Å². The summed E-state index contributed by atoms with van der Waals surface area (Å²) in [6.45, 7) is 1.31. The minimum absolute atomic E-state index is 0.280. The predicted octanol–water partition coefficient (Wildman–Crippen LogP) is 0.675. The molecule has 0 aromatic heterocycles. The van der Waals surface area contributed by atoms with Gasteiger partial charge in [0.25, 0.3) is 0 Å². The van der Waals surface area contributed by atoms with Crippen LogP contribution in [0.2, 0.25) is 6.32 Å². The Bertz CT molecular complexity index is 93.7. The highest BCUT2D eigenvalue weighted by molar-refractivity contribution is 9.09. The number of aliphatic hydroxyl groups excluding tert-OH is 1. The molecule has 3 unspecified atom stereocenters. The lowest BCUT2D eigenvalue weighted by molar-refractivity contribution is 0.0910. The third-order valence-corrected chi connectivity index (χ3v) is 2.12. The number of hydrogen-bond acceptors (Lipinski definition) is 1. The minimum atomic E-state index is -1.22. The van der Waals surface area contributed by atoms with Crippen LogP contribution < -0.4 is 0 Å². The number of rotatable bonds is 4. The van der Waals surface area contributed by atoms with Crippen LogP contribution in [0.15, 0.2) is 0 Å². The molecule has 0 rings (SSSR count). The summed E-state index contributed by atoms with van der Waals surface area (Å²) in [6.07, 6.45) is -1.72. The van der Waals surface area contributed by atoms with E-state index < -0.39 is 12.3 Å². The molecule has 3 radical (unpaired) electrons. The molecule has 0 aliphatic heterocycles. The first-order valence-electron chi connectivity index (χ1n) is 3.09. The van der Waals surface area contributed by atoms with E-state index in [-0.39, 0.29) is 4.83 Å². The average Bonchev–Trinajstić information content (AvgIpc) is 1.87. The number of halogens is 2. The van der Waals surface area contributed by atoms with Crippen LogP contribution in [-0.2, 0) is 0 Å². The molecule has 0 aromatic rings. The van der Waals surface area contributed by atoms with Crippen LogP contribution in [-0.4, -0.2) is 37.1 Å². The first-order valence-corrected chi connectivity index (χ1v) is 4.00. The lowest BCUT2D eigenvalue weighted by atomic mass is 9.53. The van der Waals surface area contributed by atoms with Gasteiger partial charge in [0.15, 0.2) is 0 Å². The van der Waals surface area contributed by atoms with Gasteiger partial charge in [0.2, 0.25) is 0 Å². The zero-order valence-corrected chi connectivity index (χ0v) is 7.38. The fourth-order valence-corrected chi connectivity index (χ4v) is 1.19. The van der Waals surface area contributed by atoms with Crippen molar-refractivity contribution in [3.8, 4) is 0 Å². The largest absolute Gasteiger partial charge is 0.389 e. The molecule has 0 aromatic carbocycles. The Morgan fingerprint density at radius 1 is 1.80 bits per heavy atom. The Kier molecular flexibility index (Phi) is 5.45. The van der Waals surface area contributed by atoms with Gasteiger partial charge in [-0.1, -0.05) is 22.3 Å². The van der Waals surface area contributed by atoms with Crippen molar-refractivity contribution in [3.05, 3.63) is 0 Å². The molecule has 1 nitrogen and oxygen atoms in total. The first-order chi connectivity index (χ1) is 4.59. The maximum Gasteiger partial charge on any atom is 0.124 e. The number of aliphatic hydroxyl groups is 1. The molecule has 0 aliphatic carbocycles. The Hall–Kier alpha value is 0.500. The van der Waals surface area contributed by atoms with Gasteiger partial charge in [0, 0.05) is 12.6 Å². The fourth-order valence-electron chi connectivity index (χ4n) is 0.557. The van der Waals surface area contributed by atoms with Gasteiger partial charge in [-0.25, -0.2) is 4.39 Å². The summed E-state index contributed by atoms with van der Waals surface area (Å²) >= 11 is 3.10. The van der Waals surface area contributed by atoms with Crippen molar-refractivity contribution in [2.24, 2.45) is 0 Å². The molecule has 55 valence electrons. The van der Waals surface area contributed by atoms with Gasteiger partial charge in [-0.3, -0.25) is 0 Å².